The third kappa shape index (κ3) is 2.81. The summed E-state index contributed by atoms with van der Waals surface area (Å²) >= 11 is 3.33. The van der Waals surface area contributed by atoms with Crippen LogP contribution in [0.2, 0.25) is 0 Å². The first-order valence-electron chi connectivity index (χ1n) is 5.25. The van der Waals surface area contributed by atoms with Crippen LogP contribution in [0.1, 0.15) is 12.8 Å². The number of halogens is 1. The zero-order chi connectivity index (χ0) is 12.5. The Balaban J connectivity index is 2.19. The number of ether oxygens (including phenoxy) is 1. The van der Waals surface area contributed by atoms with E-state index in [0.717, 1.165) is 12.8 Å². The number of hydrogen-bond acceptors (Lipinski definition) is 3. The molecular weight excluding hydrogens is 306 g/mol. The molecule has 0 heterocycles. The number of nitrogens with one attached hydrogen (secondary N) is 1. The first-order chi connectivity index (χ1) is 8.01. The van der Waals surface area contributed by atoms with Crippen molar-refractivity contribution in [2.75, 3.05) is 12.4 Å². The summed E-state index contributed by atoms with van der Waals surface area (Å²) in [6.45, 7) is 0. The maximum absolute atomic E-state index is 12.1. The number of sulfonamides is 1. The minimum absolute atomic E-state index is 0.269. The van der Waals surface area contributed by atoms with Crippen LogP contribution >= 0.6 is 15.9 Å². The second-order valence-electron chi connectivity index (χ2n) is 4.19. The van der Waals surface area contributed by atoms with Crippen molar-refractivity contribution in [3.8, 4) is 5.75 Å². The van der Waals surface area contributed by atoms with Gasteiger partial charge in [0.2, 0.25) is 10.0 Å². The molecule has 0 saturated heterocycles. The van der Waals surface area contributed by atoms with Crippen LogP contribution in [0.15, 0.2) is 29.2 Å². The highest BCUT2D eigenvalue weighted by molar-refractivity contribution is 9.09. The lowest BCUT2D eigenvalue weighted by Crippen LogP contribution is -2.37. The summed E-state index contributed by atoms with van der Waals surface area (Å²) in [7, 11) is -1.88. The summed E-state index contributed by atoms with van der Waals surface area (Å²) in [6.07, 6.45) is 1.77. The molecule has 0 radical (unpaired) electrons. The van der Waals surface area contributed by atoms with Gasteiger partial charge in [0.05, 0.1) is 12.0 Å². The van der Waals surface area contributed by atoms with Gasteiger partial charge < -0.3 is 4.74 Å². The van der Waals surface area contributed by atoms with Crippen LogP contribution in [-0.2, 0) is 10.0 Å². The Morgan fingerprint density at radius 2 is 1.94 bits per heavy atom. The molecule has 1 aromatic rings. The molecule has 0 atom stereocenters. The third-order valence-electron chi connectivity index (χ3n) is 2.83. The molecule has 2 rings (SSSR count). The lowest BCUT2D eigenvalue weighted by Gasteiger charge is -2.14. The van der Waals surface area contributed by atoms with Crippen molar-refractivity contribution in [3.05, 3.63) is 24.3 Å². The first kappa shape index (κ1) is 12.9. The van der Waals surface area contributed by atoms with E-state index in [0.29, 0.717) is 11.1 Å². The molecule has 1 saturated carbocycles. The van der Waals surface area contributed by atoms with Crippen LogP contribution in [0.4, 0.5) is 0 Å². The molecule has 0 spiro atoms. The van der Waals surface area contributed by atoms with Crippen molar-refractivity contribution in [3.63, 3.8) is 0 Å². The fourth-order valence-corrected chi connectivity index (χ4v) is 3.86. The number of hydrogen-bond donors (Lipinski definition) is 1. The largest absolute Gasteiger partial charge is 0.497 e. The molecule has 0 aromatic heterocycles. The maximum Gasteiger partial charge on any atom is 0.241 e. The normalized spacial score (nSPS) is 17.8. The van der Waals surface area contributed by atoms with E-state index in [1.807, 2.05) is 0 Å². The molecule has 94 valence electrons. The van der Waals surface area contributed by atoms with Crippen molar-refractivity contribution in [1.82, 2.24) is 4.72 Å². The highest BCUT2D eigenvalue weighted by atomic mass is 79.9. The van der Waals surface area contributed by atoms with Crippen LogP contribution in [0.5, 0.6) is 5.75 Å². The average molecular weight is 320 g/mol. The summed E-state index contributed by atoms with van der Waals surface area (Å²) in [5.41, 5.74) is -0.279. The van der Waals surface area contributed by atoms with Gasteiger partial charge in [0, 0.05) is 10.9 Å². The van der Waals surface area contributed by atoms with Crippen LogP contribution in [0.3, 0.4) is 0 Å². The molecule has 1 aliphatic rings. The summed E-state index contributed by atoms with van der Waals surface area (Å²) < 4.78 is 31.9. The van der Waals surface area contributed by atoms with E-state index in [1.165, 1.54) is 0 Å². The van der Waals surface area contributed by atoms with E-state index in [9.17, 15) is 8.42 Å². The van der Waals surface area contributed by atoms with Crippen molar-refractivity contribution in [1.29, 1.82) is 0 Å². The van der Waals surface area contributed by atoms with Gasteiger partial charge in [-0.2, -0.15) is 0 Å². The molecule has 1 fully saturated rings. The van der Waals surface area contributed by atoms with Crippen molar-refractivity contribution >= 4 is 26.0 Å². The minimum Gasteiger partial charge on any atom is -0.497 e. The summed E-state index contributed by atoms with van der Waals surface area (Å²) in [5.74, 6) is 0.644. The zero-order valence-electron chi connectivity index (χ0n) is 9.44. The van der Waals surface area contributed by atoms with E-state index in [1.54, 1.807) is 31.4 Å². The number of alkyl halides is 1. The van der Waals surface area contributed by atoms with E-state index in [2.05, 4.69) is 20.7 Å². The Morgan fingerprint density at radius 1 is 1.35 bits per heavy atom. The predicted molar refractivity (Wildman–Crippen MR) is 69.1 cm³/mol. The lowest BCUT2D eigenvalue weighted by atomic mass is 10.3. The third-order valence-corrected chi connectivity index (χ3v) is 5.50. The van der Waals surface area contributed by atoms with Crippen LogP contribution < -0.4 is 9.46 Å². The predicted octanol–water partition coefficient (Wildman–Crippen LogP) is 1.90. The Morgan fingerprint density at radius 3 is 2.35 bits per heavy atom. The first-order valence-corrected chi connectivity index (χ1v) is 7.86. The van der Waals surface area contributed by atoms with Crippen LogP contribution in [0, 0.1) is 0 Å². The molecule has 1 N–H and O–H groups in total. The monoisotopic (exact) mass is 319 g/mol. The van der Waals surface area contributed by atoms with Crippen LogP contribution in [-0.4, -0.2) is 26.4 Å². The van der Waals surface area contributed by atoms with Gasteiger partial charge in [0.25, 0.3) is 0 Å². The molecule has 1 aromatic carbocycles. The molecule has 1 aliphatic carbocycles. The highest BCUT2D eigenvalue weighted by Crippen LogP contribution is 2.38. The van der Waals surface area contributed by atoms with E-state index < -0.39 is 10.0 Å². The molecule has 0 unspecified atom stereocenters. The average Bonchev–Trinajstić information content (AvgIpc) is 3.09. The molecule has 0 bridgehead atoms. The van der Waals surface area contributed by atoms with Crippen molar-refractivity contribution in [2.24, 2.45) is 0 Å². The smallest absolute Gasteiger partial charge is 0.241 e. The van der Waals surface area contributed by atoms with Gasteiger partial charge in [-0.3, -0.25) is 0 Å². The van der Waals surface area contributed by atoms with Gasteiger partial charge in [-0.05, 0) is 37.1 Å². The van der Waals surface area contributed by atoms with Gasteiger partial charge in [-0.25, -0.2) is 13.1 Å². The van der Waals surface area contributed by atoms with Crippen molar-refractivity contribution in [2.45, 2.75) is 23.3 Å². The second kappa shape index (κ2) is 4.59. The highest BCUT2D eigenvalue weighted by Gasteiger charge is 2.45. The van der Waals surface area contributed by atoms with E-state index in [4.69, 9.17) is 4.74 Å². The Bertz CT molecular complexity index is 494. The summed E-state index contributed by atoms with van der Waals surface area (Å²) in [6, 6.07) is 6.38. The van der Waals surface area contributed by atoms with Crippen LogP contribution in [0.25, 0.3) is 0 Å². The minimum atomic E-state index is -3.43. The zero-order valence-corrected chi connectivity index (χ0v) is 11.8. The van der Waals surface area contributed by atoms with E-state index in [-0.39, 0.29) is 10.4 Å². The van der Waals surface area contributed by atoms with Crippen molar-refractivity contribution < 1.29 is 13.2 Å². The molecular formula is C11H14BrNO3S. The quantitative estimate of drug-likeness (QED) is 0.843. The molecule has 0 aliphatic heterocycles. The summed E-state index contributed by atoms with van der Waals surface area (Å²) in [4.78, 5) is 0.269. The van der Waals surface area contributed by atoms with Gasteiger partial charge >= 0.3 is 0 Å². The standard InChI is InChI=1S/C11H14BrNO3S/c1-16-9-2-4-10(5-3-9)17(14,15)13-11(8-12)6-7-11/h2-5,13H,6-8H2,1H3. The summed E-state index contributed by atoms with van der Waals surface area (Å²) in [5, 5.41) is 0.648. The Kier molecular flexibility index (Phi) is 3.47. The van der Waals surface area contributed by atoms with Gasteiger partial charge in [-0.1, -0.05) is 15.9 Å². The maximum atomic E-state index is 12.1. The Hall–Kier alpha value is -0.590. The number of rotatable bonds is 5. The Labute approximate surface area is 110 Å². The number of benzene rings is 1. The van der Waals surface area contributed by atoms with Gasteiger partial charge in [0.15, 0.2) is 0 Å². The molecule has 6 heteroatoms. The fourth-order valence-electron chi connectivity index (χ4n) is 1.51. The fraction of sp³-hybridized carbons (Fsp3) is 0.455. The topological polar surface area (TPSA) is 55.4 Å². The van der Waals surface area contributed by atoms with Gasteiger partial charge in [0.1, 0.15) is 5.75 Å². The SMILES string of the molecule is COc1ccc(S(=O)(=O)NC2(CBr)CC2)cc1. The van der Waals surface area contributed by atoms with E-state index >= 15 is 0 Å². The second-order valence-corrected chi connectivity index (χ2v) is 6.44. The molecule has 0 amide bonds. The number of methoxy groups -OCH3 is 1. The molecule has 4 nitrogen and oxygen atoms in total. The van der Waals surface area contributed by atoms with Gasteiger partial charge in [-0.15, -0.1) is 0 Å². The molecule has 17 heavy (non-hydrogen) atoms. The lowest BCUT2D eigenvalue weighted by molar-refractivity contribution is 0.414.